The first-order valence-corrected chi connectivity index (χ1v) is 6.41. The van der Waals surface area contributed by atoms with Crippen LogP contribution in [-0.2, 0) is 4.79 Å². The van der Waals surface area contributed by atoms with Crippen LogP contribution in [0.25, 0.3) is 0 Å². The van der Waals surface area contributed by atoms with Gasteiger partial charge < -0.3 is 10.6 Å². The highest BCUT2D eigenvalue weighted by molar-refractivity contribution is 5.81. The summed E-state index contributed by atoms with van der Waals surface area (Å²) in [5.41, 5.74) is 6.08. The molecule has 1 aromatic carbocycles. The molecule has 0 unspecified atom stereocenters. The summed E-state index contributed by atoms with van der Waals surface area (Å²) < 4.78 is 13.5. The maximum atomic E-state index is 13.5. The number of hydrogen-bond acceptors (Lipinski definition) is 3. The van der Waals surface area contributed by atoms with Gasteiger partial charge in [-0.3, -0.25) is 9.59 Å². The largest absolute Gasteiger partial charge is 0.368 e. The van der Waals surface area contributed by atoms with Crippen molar-refractivity contribution >= 4 is 17.9 Å². The molecule has 4 nitrogen and oxygen atoms in total. The van der Waals surface area contributed by atoms with Crippen LogP contribution in [0.15, 0.2) is 18.2 Å². The summed E-state index contributed by atoms with van der Waals surface area (Å²) in [6.07, 6.45) is 4.70. The van der Waals surface area contributed by atoms with Gasteiger partial charge in [-0.1, -0.05) is 12.8 Å². The Hall–Kier alpha value is -1.91. The van der Waals surface area contributed by atoms with E-state index in [1.165, 1.54) is 12.1 Å². The normalized spacial score (nSPS) is 15.4. The molecule has 1 fully saturated rings. The number of anilines is 1. The van der Waals surface area contributed by atoms with E-state index >= 15 is 0 Å². The minimum absolute atomic E-state index is 0.0480. The van der Waals surface area contributed by atoms with Gasteiger partial charge in [0, 0.05) is 17.3 Å². The van der Waals surface area contributed by atoms with Crippen LogP contribution >= 0.6 is 0 Å². The third-order valence-electron chi connectivity index (χ3n) is 3.46. The number of carbonyl (C=O) groups is 2. The highest BCUT2D eigenvalue weighted by Gasteiger charge is 2.24. The predicted molar refractivity (Wildman–Crippen MR) is 70.6 cm³/mol. The molecule has 0 aromatic heterocycles. The third-order valence-corrected chi connectivity index (χ3v) is 3.46. The van der Waals surface area contributed by atoms with E-state index in [0.717, 1.165) is 25.7 Å². The zero-order chi connectivity index (χ0) is 13.8. The fourth-order valence-corrected chi connectivity index (χ4v) is 2.65. The minimum atomic E-state index is -0.480. The van der Waals surface area contributed by atoms with Crippen molar-refractivity contribution in [3.8, 4) is 0 Å². The van der Waals surface area contributed by atoms with Crippen molar-refractivity contribution in [1.82, 2.24) is 0 Å². The van der Waals surface area contributed by atoms with Crippen LogP contribution < -0.4 is 10.6 Å². The molecular formula is C14H17FN2O2. The number of benzene rings is 1. The molecule has 1 saturated carbocycles. The zero-order valence-corrected chi connectivity index (χ0v) is 10.6. The predicted octanol–water partition coefficient (Wildman–Crippen LogP) is 1.87. The smallest absolute Gasteiger partial charge is 0.236 e. The Morgan fingerprint density at radius 3 is 2.63 bits per heavy atom. The number of rotatable bonds is 5. The van der Waals surface area contributed by atoms with Crippen molar-refractivity contribution in [3.63, 3.8) is 0 Å². The van der Waals surface area contributed by atoms with Gasteiger partial charge in [-0.15, -0.1) is 0 Å². The van der Waals surface area contributed by atoms with E-state index in [4.69, 9.17) is 5.73 Å². The summed E-state index contributed by atoms with van der Waals surface area (Å²) in [5.74, 6) is -0.934. The Balaban J connectivity index is 2.33. The summed E-state index contributed by atoms with van der Waals surface area (Å²) in [5, 5.41) is 0. The molecular weight excluding hydrogens is 247 g/mol. The van der Waals surface area contributed by atoms with Gasteiger partial charge in [0.1, 0.15) is 12.1 Å². The maximum absolute atomic E-state index is 13.5. The SMILES string of the molecule is NC(=O)CN(c1cc(F)cc(C=O)c1)C1CCCC1. The van der Waals surface area contributed by atoms with Gasteiger partial charge in [0.15, 0.2) is 0 Å². The molecule has 0 atom stereocenters. The van der Waals surface area contributed by atoms with Crippen LogP contribution in [0.4, 0.5) is 10.1 Å². The van der Waals surface area contributed by atoms with Crippen LogP contribution in [0.5, 0.6) is 0 Å². The molecule has 102 valence electrons. The summed E-state index contributed by atoms with van der Waals surface area (Å²) in [4.78, 5) is 23.8. The second kappa shape index (κ2) is 5.82. The Labute approximate surface area is 111 Å². The van der Waals surface area contributed by atoms with Crippen LogP contribution in [0, 0.1) is 5.82 Å². The van der Waals surface area contributed by atoms with Gasteiger partial charge in [0.25, 0.3) is 0 Å². The molecule has 5 heteroatoms. The first-order valence-electron chi connectivity index (χ1n) is 6.41. The van der Waals surface area contributed by atoms with Crippen molar-refractivity contribution in [2.24, 2.45) is 5.73 Å². The number of aldehydes is 1. The van der Waals surface area contributed by atoms with E-state index in [1.54, 1.807) is 6.07 Å². The molecule has 1 aliphatic carbocycles. The van der Waals surface area contributed by atoms with Gasteiger partial charge in [-0.05, 0) is 31.0 Å². The molecule has 0 bridgehead atoms. The van der Waals surface area contributed by atoms with Crippen LogP contribution in [-0.4, -0.2) is 24.8 Å². The lowest BCUT2D eigenvalue weighted by Crippen LogP contribution is -2.40. The summed E-state index contributed by atoms with van der Waals surface area (Å²) in [7, 11) is 0. The average molecular weight is 264 g/mol. The van der Waals surface area contributed by atoms with Crippen molar-refractivity contribution in [1.29, 1.82) is 0 Å². The van der Waals surface area contributed by atoms with Gasteiger partial charge in [-0.2, -0.15) is 0 Å². The lowest BCUT2D eigenvalue weighted by atomic mass is 10.1. The Morgan fingerprint density at radius 1 is 1.37 bits per heavy atom. The molecule has 0 saturated heterocycles. The van der Waals surface area contributed by atoms with Crippen molar-refractivity contribution in [2.45, 2.75) is 31.7 Å². The first-order chi connectivity index (χ1) is 9.10. The van der Waals surface area contributed by atoms with Crippen LogP contribution in [0.2, 0.25) is 0 Å². The molecule has 1 amide bonds. The topological polar surface area (TPSA) is 63.4 Å². The van der Waals surface area contributed by atoms with E-state index < -0.39 is 11.7 Å². The molecule has 2 rings (SSSR count). The fraction of sp³-hybridized carbons (Fsp3) is 0.429. The van der Waals surface area contributed by atoms with Crippen molar-refractivity contribution in [2.75, 3.05) is 11.4 Å². The van der Waals surface area contributed by atoms with E-state index in [1.807, 2.05) is 4.90 Å². The number of nitrogens with two attached hydrogens (primary N) is 1. The van der Waals surface area contributed by atoms with E-state index in [0.29, 0.717) is 12.0 Å². The Bertz CT molecular complexity index is 484. The molecule has 1 aromatic rings. The van der Waals surface area contributed by atoms with Gasteiger partial charge in [0.05, 0.1) is 6.54 Å². The fourth-order valence-electron chi connectivity index (χ4n) is 2.65. The Kier molecular flexibility index (Phi) is 4.14. The number of carbonyl (C=O) groups excluding carboxylic acids is 2. The number of primary amides is 1. The molecule has 2 N–H and O–H groups in total. The van der Waals surface area contributed by atoms with E-state index in [9.17, 15) is 14.0 Å². The third kappa shape index (κ3) is 3.30. The van der Waals surface area contributed by atoms with E-state index in [-0.39, 0.29) is 18.2 Å². The monoisotopic (exact) mass is 264 g/mol. The lowest BCUT2D eigenvalue weighted by molar-refractivity contribution is -0.116. The van der Waals surface area contributed by atoms with Crippen molar-refractivity contribution in [3.05, 3.63) is 29.6 Å². The molecule has 19 heavy (non-hydrogen) atoms. The highest BCUT2D eigenvalue weighted by atomic mass is 19.1. The van der Waals surface area contributed by atoms with Crippen molar-refractivity contribution < 1.29 is 14.0 Å². The number of amides is 1. The maximum Gasteiger partial charge on any atom is 0.236 e. The van der Waals surface area contributed by atoms with Gasteiger partial charge >= 0.3 is 0 Å². The highest BCUT2D eigenvalue weighted by Crippen LogP contribution is 2.29. The second-order valence-electron chi connectivity index (χ2n) is 4.89. The molecule has 1 aliphatic rings. The number of halogens is 1. The zero-order valence-electron chi connectivity index (χ0n) is 10.6. The minimum Gasteiger partial charge on any atom is -0.368 e. The summed E-state index contributed by atoms with van der Waals surface area (Å²) in [6.45, 7) is 0.0480. The number of nitrogens with zero attached hydrogens (tertiary/aromatic N) is 1. The quantitative estimate of drug-likeness (QED) is 0.826. The molecule has 0 spiro atoms. The van der Waals surface area contributed by atoms with Gasteiger partial charge in [0.2, 0.25) is 5.91 Å². The van der Waals surface area contributed by atoms with Crippen LogP contribution in [0.1, 0.15) is 36.0 Å². The Morgan fingerprint density at radius 2 is 2.05 bits per heavy atom. The summed E-state index contributed by atoms with van der Waals surface area (Å²) >= 11 is 0. The standard InChI is InChI=1S/C14H17FN2O2/c15-11-5-10(9-18)6-13(7-11)17(8-14(16)19)12-3-1-2-4-12/h5-7,9,12H,1-4,8H2,(H2,16,19). The average Bonchev–Trinajstić information content (AvgIpc) is 2.88. The van der Waals surface area contributed by atoms with Gasteiger partial charge in [-0.25, -0.2) is 4.39 Å². The molecule has 0 heterocycles. The molecule has 0 aliphatic heterocycles. The molecule has 0 radical (unpaired) electrons. The van der Waals surface area contributed by atoms with E-state index in [2.05, 4.69) is 0 Å². The second-order valence-corrected chi connectivity index (χ2v) is 4.89. The summed E-state index contributed by atoms with van der Waals surface area (Å²) in [6, 6.07) is 4.30. The first kappa shape index (κ1) is 13.5. The lowest BCUT2D eigenvalue weighted by Gasteiger charge is -2.30. The number of hydrogen-bond donors (Lipinski definition) is 1. The van der Waals surface area contributed by atoms with Crippen LogP contribution in [0.3, 0.4) is 0 Å².